The third-order valence-electron chi connectivity index (χ3n) is 4.81. The summed E-state index contributed by atoms with van der Waals surface area (Å²) in [5.41, 5.74) is 2.62. The summed E-state index contributed by atoms with van der Waals surface area (Å²) in [4.78, 5) is 15.0. The highest BCUT2D eigenvalue weighted by Crippen LogP contribution is 2.24. The summed E-state index contributed by atoms with van der Waals surface area (Å²) < 4.78 is 1.70. The first-order valence-corrected chi connectivity index (χ1v) is 8.63. The highest BCUT2D eigenvalue weighted by Gasteiger charge is 2.28. The summed E-state index contributed by atoms with van der Waals surface area (Å²) in [5.74, 6) is 0.399. The average Bonchev–Trinajstić information content (AvgIpc) is 2.91. The van der Waals surface area contributed by atoms with Crippen LogP contribution in [0, 0.1) is 6.92 Å². The lowest BCUT2D eigenvalue weighted by Gasteiger charge is -2.36. The maximum Gasteiger partial charge on any atom is 0.257 e. The van der Waals surface area contributed by atoms with Crippen molar-refractivity contribution < 1.29 is 9.90 Å². The molecule has 0 aliphatic carbocycles. The van der Waals surface area contributed by atoms with Crippen LogP contribution in [0.15, 0.2) is 30.5 Å². The zero-order valence-corrected chi connectivity index (χ0v) is 14.4. The Bertz CT molecular complexity index is 723. The molecule has 0 unspecified atom stereocenters. The van der Waals surface area contributed by atoms with Crippen molar-refractivity contribution in [3.05, 3.63) is 47.3 Å². The first-order valence-electron chi connectivity index (χ1n) is 8.63. The molecule has 1 atom stereocenters. The van der Waals surface area contributed by atoms with Gasteiger partial charge >= 0.3 is 0 Å². The van der Waals surface area contributed by atoms with E-state index in [4.69, 9.17) is 0 Å². The van der Waals surface area contributed by atoms with Crippen molar-refractivity contribution in [2.75, 3.05) is 6.54 Å². The molecule has 1 aromatic carbocycles. The number of nitrogens with zero attached hydrogens (tertiary/aromatic N) is 3. The first-order chi connectivity index (χ1) is 11.5. The number of rotatable bonds is 4. The standard InChI is InChI=1S/C19H25N3O2/c1-14-18(13-21(2)20-14)19(24)22-11-4-3-7-16(22)10-9-15-6-5-8-17(23)12-15/h5-6,8,12-13,16,23H,3-4,7,9-11H2,1-2H3/t16-/m0/s1. The number of amides is 1. The van der Waals surface area contributed by atoms with Crippen molar-refractivity contribution in [2.24, 2.45) is 7.05 Å². The van der Waals surface area contributed by atoms with Crippen LogP contribution in [0.4, 0.5) is 0 Å². The van der Waals surface area contributed by atoms with E-state index in [0.717, 1.165) is 43.5 Å². The number of phenols is 1. The second-order valence-corrected chi connectivity index (χ2v) is 6.66. The molecule has 0 bridgehead atoms. The predicted octanol–water partition coefficient (Wildman–Crippen LogP) is 3.06. The second kappa shape index (κ2) is 7.07. The molecule has 1 saturated heterocycles. The van der Waals surface area contributed by atoms with Crippen molar-refractivity contribution in [3.8, 4) is 5.75 Å². The number of carbonyl (C=O) groups is 1. The van der Waals surface area contributed by atoms with Crippen LogP contribution >= 0.6 is 0 Å². The molecule has 1 aliphatic heterocycles. The predicted molar refractivity (Wildman–Crippen MR) is 93.0 cm³/mol. The lowest BCUT2D eigenvalue weighted by Crippen LogP contribution is -2.44. The Morgan fingerprint density at radius 3 is 2.92 bits per heavy atom. The van der Waals surface area contributed by atoms with Gasteiger partial charge in [-0.3, -0.25) is 9.48 Å². The van der Waals surface area contributed by atoms with Gasteiger partial charge in [-0.1, -0.05) is 12.1 Å². The SMILES string of the molecule is Cc1nn(C)cc1C(=O)N1CCCC[C@H]1CCc1cccc(O)c1. The fraction of sp³-hybridized carbons (Fsp3) is 0.474. The normalized spacial score (nSPS) is 17.9. The number of aromatic hydroxyl groups is 1. The summed E-state index contributed by atoms with van der Waals surface area (Å²) in [7, 11) is 1.85. The number of carbonyl (C=O) groups excluding carboxylic acids is 1. The number of hydrogen-bond acceptors (Lipinski definition) is 3. The van der Waals surface area contributed by atoms with Gasteiger partial charge in [0.1, 0.15) is 5.75 Å². The van der Waals surface area contributed by atoms with Gasteiger partial charge < -0.3 is 10.0 Å². The van der Waals surface area contributed by atoms with Crippen LogP contribution in [0.3, 0.4) is 0 Å². The van der Waals surface area contributed by atoms with Gasteiger partial charge in [-0.15, -0.1) is 0 Å². The molecular weight excluding hydrogens is 302 g/mol. The van der Waals surface area contributed by atoms with Gasteiger partial charge in [0.15, 0.2) is 0 Å². The molecule has 1 aromatic heterocycles. The van der Waals surface area contributed by atoms with Gasteiger partial charge in [0.05, 0.1) is 11.3 Å². The topological polar surface area (TPSA) is 58.4 Å². The molecule has 2 aromatic rings. The highest BCUT2D eigenvalue weighted by atomic mass is 16.3. The summed E-state index contributed by atoms with van der Waals surface area (Å²) >= 11 is 0. The van der Waals surface area contributed by atoms with Crippen molar-refractivity contribution in [1.29, 1.82) is 0 Å². The fourth-order valence-electron chi connectivity index (χ4n) is 3.58. The lowest BCUT2D eigenvalue weighted by atomic mass is 9.95. The molecule has 24 heavy (non-hydrogen) atoms. The Balaban J connectivity index is 1.71. The number of hydrogen-bond donors (Lipinski definition) is 1. The van der Waals surface area contributed by atoms with E-state index in [1.165, 1.54) is 6.42 Å². The molecule has 1 N–H and O–H groups in total. The monoisotopic (exact) mass is 327 g/mol. The minimum absolute atomic E-state index is 0.0983. The van der Waals surface area contributed by atoms with E-state index >= 15 is 0 Å². The molecule has 1 amide bonds. The van der Waals surface area contributed by atoms with Crippen molar-refractivity contribution in [3.63, 3.8) is 0 Å². The van der Waals surface area contributed by atoms with Crippen LogP contribution in [-0.4, -0.2) is 38.3 Å². The van der Waals surface area contributed by atoms with E-state index in [-0.39, 0.29) is 11.9 Å². The molecule has 0 spiro atoms. The second-order valence-electron chi connectivity index (χ2n) is 6.66. The summed E-state index contributed by atoms with van der Waals surface area (Å²) in [5, 5.41) is 13.9. The van der Waals surface area contributed by atoms with E-state index in [2.05, 4.69) is 5.10 Å². The Hall–Kier alpha value is -2.30. The summed E-state index contributed by atoms with van der Waals surface area (Å²) in [6.45, 7) is 2.71. The zero-order valence-electron chi connectivity index (χ0n) is 14.4. The molecule has 1 fully saturated rings. The van der Waals surface area contributed by atoms with Crippen LogP contribution in [0.1, 0.15) is 47.3 Å². The number of aryl methyl sites for hydroxylation is 3. The molecule has 1 aliphatic rings. The smallest absolute Gasteiger partial charge is 0.257 e. The van der Waals surface area contributed by atoms with Crippen molar-refractivity contribution in [1.82, 2.24) is 14.7 Å². The van der Waals surface area contributed by atoms with E-state index in [1.54, 1.807) is 16.8 Å². The minimum Gasteiger partial charge on any atom is -0.508 e. The third-order valence-corrected chi connectivity index (χ3v) is 4.81. The maximum absolute atomic E-state index is 12.9. The molecule has 5 heteroatoms. The number of likely N-dealkylation sites (tertiary alicyclic amines) is 1. The van der Waals surface area contributed by atoms with Gasteiger partial charge in [0, 0.05) is 25.8 Å². The average molecular weight is 327 g/mol. The maximum atomic E-state index is 12.9. The van der Waals surface area contributed by atoms with Crippen LogP contribution in [0.5, 0.6) is 5.75 Å². The molecule has 3 rings (SSSR count). The summed E-state index contributed by atoms with van der Waals surface area (Å²) in [6.07, 6.45) is 6.89. The van der Waals surface area contributed by atoms with Gasteiger partial charge in [0.2, 0.25) is 0 Å². The molecule has 0 radical (unpaired) electrons. The number of benzene rings is 1. The lowest BCUT2D eigenvalue weighted by molar-refractivity contribution is 0.0601. The Morgan fingerprint density at radius 1 is 1.38 bits per heavy atom. The highest BCUT2D eigenvalue weighted by molar-refractivity contribution is 5.95. The number of aromatic nitrogens is 2. The Morgan fingerprint density at radius 2 is 2.21 bits per heavy atom. The number of phenolic OH excluding ortho intramolecular Hbond substituents is 1. The van der Waals surface area contributed by atoms with Gasteiger partial charge in [-0.2, -0.15) is 5.10 Å². The van der Waals surface area contributed by atoms with E-state index < -0.39 is 0 Å². The molecular formula is C19H25N3O2. The molecule has 2 heterocycles. The minimum atomic E-state index is 0.0983. The molecule has 128 valence electrons. The van der Waals surface area contributed by atoms with Gasteiger partial charge in [0.25, 0.3) is 5.91 Å². The first kappa shape index (κ1) is 16.6. The van der Waals surface area contributed by atoms with Crippen LogP contribution in [0.2, 0.25) is 0 Å². The van der Waals surface area contributed by atoms with Crippen LogP contribution < -0.4 is 0 Å². The van der Waals surface area contributed by atoms with E-state index in [1.807, 2.05) is 37.2 Å². The van der Waals surface area contributed by atoms with Crippen LogP contribution in [-0.2, 0) is 13.5 Å². The third kappa shape index (κ3) is 3.61. The van der Waals surface area contributed by atoms with E-state index in [9.17, 15) is 9.90 Å². The van der Waals surface area contributed by atoms with E-state index in [0.29, 0.717) is 11.3 Å². The Kier molecular flexibility index (Phi) is 4.88. The zero-order chi connectivity index (χ0) is 17.1. The molecule has 5 nitrogen and oxygen atoms in total. The Labute approximate surface area is 142 Å². The van der Waals surface area contributed by atoms with Crippen LogP contribution in [0.25, 0.3) is 0 Å². The largest absolute Gasteiger partial charge is 0.508 e. The molecule has 0 saturated carbocycles. The summed E-state index contributed by atoms with van der Waals surface area (Å²) in [6, 6.07) is 7.65. The quantitative estimate of drug-likeness (QED) is 0.939. The van der Waals surface area contributed by atoms with Crippen molar-refractivity contribution in [2.45, 2.75) is 45.1 Å². The van der Waals surface area contributed by atoms with Gasteiger partial charge in [-0.05, 0) is 56.7 Å². The fourth-order valence-corrected chi connectivity index (χ4v) is 3.58. The van der Waals surface area contributed by atoms with Gasteiger partial charge in [-0.25, -0.2) is 0 Å². The van der Waals surface area contributed by atoms with Crippen molar-refractivity contribution >= 4 is 5.91 Å². The number of piperidine rings is 1.